The van der Waals surface area contributed by atoms with Crippen molar-refractivity contribution in [1.29, 1.82) is 0 Å². The summed E-state index contributed by atoms with van der Waals surface area (Å²) in [7, 11) is 0. The van der Waals surface area contributed by atoms with Gasteiger partial charge in [0.1, 0.15) is 0 Å². The largest absolute Gasteiger partial charge is 0.0876 e. The minimum Gasteiger partial charge on any atom is -0.0876 e. The monoisotopic (exact) mass is 538 g/mol. The average Bonchev–Trinajstić information content (AvgIpc) is 2.35. The fourth-order valence-corrected chi connectivity index (χ4v) is 4.76. The summed E-state index contributed by atoms with van der Waals surface area (Å²) in [5, 5.41) is 4.50. The third kappa shape index (κ3) is 3.34. The highest BCUT2D eigenvalue weighted by Gasteiger charge is 2.14. The predicted molar refractivity (Wildman–Crippen MR) is 89.6 cm³/mol. The van der Waals surface area contributed by atoms with Crippen LogP contribution in [0.25, 0.3) is 0 Å². The van der Waals surface area contributed by atoms with Crippen molar-refractivity contribution in [2.45, 2.75) is 26.7 Å². The molecule has 0 aliphatic heterocycles. The molecule has 16 heavy (non-hydrogen) atoms. The Morgan fingerprint density at radius 2 is 0.938 bits per heavy atom. The fourth-order valence-electron chi connectivity index (χ4n) is 1.69. The van der Waals surface area contributed by atoms with Gasteiger partial charge in [0.05, 0.1) is 0 Å². The molecule has 1 aromatic carbocycles. The van der Waals surface area contributed by atoms with E-state index in [0.717, 1.165) is 26.7 Å². The van der Waals surface area contributed by atoms with E-state index in [4.69, 9.17) is 0 Å². The SMILES string of the molecule is BrCc1cc(CBr)c(CBr)c(CBr)c1CBr. The molecule has 0 aliphatic carbocycles. The zero-order chi connectivity index (χ0) is 12.1. The van der Waals surface area contributed by atoms with Gasteiger partial charge in [0.2, 0.25) is 0 Å². The molecule has 0 spiro atoms. The third-order valence-corrected chi connectivity index (χ3v) is 5.43. The molecule has 0 unspecified atom stereocenters. The van der Waals surface area contributed by atoms with Crippen LogP contribution in [0.15, 0.2) is 6.07 Å². The maximum Gasteiger partial charge on any atom is 0.0289 e. The summed E-state index contributed by atoms with van der Waals surface area (Å²) < 4.78 is 0. The van der Waals surface area contributed by atoms with E-state index in [0.29, 0.717) is 0 Å². The first kappa shape index (κ1) is 15.7. The van der Waals surface area contributed by atoms with Crippen LogP contribution in [-0.4, -0.2) is 0 Å². The normalized spacial score (nSPS) is 10.8. The number of rotatable bonds is 5. The van der Waals surface area contributed by atoms with Gasteiger partial charge in [0, 0.05) is 26.7 Å². The van der Waals surface area contributed by atoms with E-state index < -0.39 is 0 Å². The quantitative estimate of drug-likeness (QED) is 0.391. The Morgan fingerprint density at radius 3 is 1.19 bits per heavy atom. The number of hydrogen-bond donors (Lipinski definition) is 0. The zero-order valence-corrected chi connectivity index (χ0v) is 16.4. The van der Waals surface area contributed by atoms with Crippen LogP contribution in [0.1, 0.15) is 27.8 Å². The van der Waals surface area contributed by atoms with Crippen LogP contribution in [0.4, 0.5) is 0 Å². The minimum absolute atomic E-state index is 0.899. The van der Waals surface area contributed by atoms with Crippen LogP contribution in [0.5, 0.6) is 0 Å². The molecule has 0 fully saturated rings. The van der Waals surface area contributed by atoms with Crippen LogP contribution < -0.4 is 0 Å². The molecule has 0 atom stereocenters. The molecule has 5 heteroatoms. The number of benzene rings is 1. The lowest BCUT2D eigenvalue weighted by Crippen LogP contribution is -2.03. The van der Waals surface area contributed by atoms with E-state index in [-0.39, 0.29) is 0 Å². The highest BCUT2D eigenvalue weighted by atomic mass is 79.9. The summed E-state index contributed by atoms with van der Waals surface area (Å²) in [6.07, 6.45) is 0. The molecule has 0 amide bonds. The Kier molecular flexibility index (Phi) is 7.77. The Bertz CT molecular complexity index is 332. The molecule has 0 saturated heterocycles. The highest BCUT2D eigenvalue weighted by molar-refractivity contribution is 9.09. The first-order valence-electron chi connectivity index (χ1n) is 4.68. The maximum atomic E-state index is 3.60. The van der Waals surface area contributed by atoms with E-state index in [1.54, 1.807) is 0 Å². The minimum atomic E-state index is 0.899. The molecule has 0 aliphatic rings. The smallest absolute Gasteiger partial charge is 0.0289 e. The van der Waals surface area contributed by atoms with Crippen LogP contribution in [-0.2, 0) is 26.7 Å². The molecule has 0 heterocycles. The first-order valence-corrected chi connectivity index (χ1v) is 10.3. The number of alkyl halides is 5. The molecule has 0 bridgehead atoms. The van der Waals surface area contributed by atoms with Crippen LogP contribution in [0.2, 0.25) is 0 Å². The molecule has 0 nitrogen and oxygen atoms in total. The summed E-state index contributed by atoms with van der Waals surface area (Å²) in [4.78, 5) is 0. The summed E-state index contributed by atoms with van der Waals surface area (Å²) in [6.45, 7) is 0. The second-order valence-corrected chi connectivity index (χ2v) is 6.10. The maximum absolute atomic E-state index is 3.60. The number of halogens is 5. The standard InChI is InChI=1S/C11H11Br5/c12-2-7-1-8(3-13)10(5-15)11(6-16)9(7)4-14/h1H,2-6H2. The summed E-state index contributed by atoms with van der Waals surface area (Å²) in [5.74, 6) is 0. The van der Waals surface area contributed by atoms with Crippen molar-refractivity contribution in [2.24, 2.45) is 0 Å². The van der Waals surface area contributed by atoms with Crippen molar-refractivity contribution in [2.75, 3.05) is 0 Å². The van der Waals surface area contributed by atoms with Gasteiger partial charge in [-0.2, -0.15) is 0 Å². The van der Waals surface area contributed by atoms with E-state index in [1.165, 1.54) is 27.8 Å². The van der Waals surface area contributed by atoms with Crippen LogP contribution in [0, 0.1) is 0 Å². The van der Waals surface area contributed by atoms with Gasteiger partial charge >= 0.3 is 0 Å². The molecule has 1 rings (SSSR count). The topological polar surface area (TPSA) is 0 Å². The van der Waals surface area contributed by atoms with E-state index in [9.17, 15) is 0 Å². The van der Waals surface area contributed by atoms with Gasteiger partial charge in [0.15, 0.2) is 0 Å². The predicted octanol–water partition coefficient (Wildman–Crippen LogP) is 6.16. The lowest BCUT2D eigenvalue weighted by atomic mass is 9.95. The van der Waals surface area contributed by atoms with E-state index >= 15 is 0 Å². The second kappa shape index (κ2) is 7.93. The molecular weight excluding hydrogens is 532 g/mol. The summed E-state index contributed by atoms with van der Waals surface area (Å²) in [5.41, 5.74) is 6.93. The van der Waals surface area contributed by atoms with Crippen molar-refractivity contribution in [3.63, 3.8) is 0 Å². The van der Waals surface area contributed by atoms with Gasteiger partial charge < -0.3 is 0 Å². The van der Waals surface area contributed by atoms with E-state index in [1.807, 2.05) is 0 Å². The zero-order valence-electron chi connectivity index (χ0n) is 8.50. The van der Waals surface area contributed by atoms with Crippen molar-refractivity contribution in [3.05, 3.63) is 33.9 Å². The van der Waals surface area contributed by atoms with Gasteiger partial charge in [-0.25, -0.2) is 0 Å². The Balaban J connectivity index is 3.47. The Labute approximate surface area is 139 Å². The lowest BCUT2D eigenvalue weighted by molar-refractivity contribution is 1.14. The van der Waals surface area contributed by atoms with Gasteiger partial charge in [-0.05, 0) is 27.8 Å². The molecule has 0 radical (unpaired) electrons. The molecular formula is C11H11Br5. The van der Waals surface area contributed by atoms with Crippen molar-refractivity contribution >= 4 is 79.6 Å². The molecule has 0 N–H and O–H groups in total. The van der Waals surface area contributed by atoms with Crippen molar-refractivity contribution < 1.29 is 0 Å². The molecule has 0 saturated carbocycles. The molecule has 90 valence electrons. The average molecular weight is 543 g/mol. The van der Waals surface area contributed by atoms with Gasteiger partial charge in [-0.1, -0.05) is 85.7 Å². The van der Waals surface area contributed by atoms with E-state index in [2.05, 4.69) is 85.7 Å². The molecule has 0 aromatic heterocycles. The third-order valence-electron chi connectivity index (χ3n) is 2.54. The van der Waals surface area contributed by atoms with Crippen LogP contribution >= 0.6 is 79.6 Å². The fraction of sp³-hybridized carbons (Fsp3) is 0.455. The first-order chi connectivity index (χ1) is 7.73. The summed E-state index contributed by atoms with van der Waals surface area (Å²) in [6, 6.07) is 2.28. The van der Waals surface area contributed by atoms with Crippen molar-refractivity contribution in [1.82, 2.24) is 0 Å². The molecule has 1 aromatic rings. The van der Waals surface area contributed by atoms with Gasteiger partial charge in [-0.3, -0.25) is 0 Å². The Morgan fingerprint density at radius 1 is 0.562 bits per heavy atom. The summed E-state index contributed by atoms with van der Waals surface area (Å²) >= 11 is 17.9. The van der Waals surface area contributed by atoms with Gasteiger partial charge in [-0.15, -0.1) is 0 Å². The highest BCUT2D eigenvalue weighted by Crippen LogP contribution is 2.31. The second-order valence-electron chi connectivity index (χ2n) is 3.30. The van der Waals surface area contributed by atoms with Crippen molar-refractivity contribution in [3.8, 4) is 0 Å². The lowest BCUT2D eigenvalue weighted by Gasteiger charge is -2.17. The Hall–Kier alpha value is 1.62. The van der Waals surface area contributed by atoms with Gasteiger partial charge in [0.25, 0.3) is 0 Å². The van der Waals surface area contributed by atoms with Crippen LogP contribution in [0.3, 0.4) is 0 Å². The number of hydrogen-bond acceptors (Lipinski definition) is 0.